The van der Waals surface area contributed by atoms with Crippen molar-refractivity contribution >= 4 is 81.0 Å². The Morgan fingerprint density at radius 1 is 1.23 bits per heavy atom. The number of hydrogen-bond donors (Lipinski definition) is 0. The molecule has 13 heavy (non-hydrogen) atoms. The molecule has 9 heteroatoms. The maximum Gasteiger partial charge on any atom is 0.257 e. The van der Waals surface area contributed by atoms with Gasteiger partial charge in [0.25, 0.3) is 3.53 Å². The summed E-state index contributed by atoms with van der Waals surface area (Å²) in [4.78, 5) is 0. The lowest BCUT2D eigenvalue weighted by Crippen LogP contribution is -2.01. The topological polar surface area (TPSA) is 24.7 Å². The highest BCUT2D eigenvalue weighted by atomic mass is 35.7. The first-order valence-corrected chi connectivity index (χ1v) is 7.25. The highest BCUT2D eigenvalue weighted by Crippen LogP contribution is 2.74. The lowest BCUT2D eigenvalue weighted by Gasteiger charge is -2.22. The molecular weight excluding hydrogens is 320 g/mol. The van der Waals surface area contributed by atoms with Crippen LogP contribution in [-0.2, 0) is 0 Å². The van der Waals surface area contributed by atoms with Crippen molar-refractivity contribution in [3.8, 4) is 0 Å². The van der Waals surface area contributed by atoms with Gasteiger partial charge in [0.1, 0.15) is 10.3 Å². The van der Waals surface area contributed by atoms with E-state index < -0.39 is 10.1 Å². The van der Waals surface area contributed by atoms with Crippen LogP contribution in [0.25, 0.3) is 0 Å². The summed E-state index contributed by atoms with van der Waals surface area (Å²) < 4.78 is 5.74. The van der Waals surface area contributed by atoms with Crippen LogP contribution in [0.2, 0.25) is 0 Å². The smallest absolute Gasteiger partial charge is 0.214 e. The summed E-state index contributed by atoms with van der Waals surface area (Å²) >= 11 is 33.8. The minimum atomic E-state index is -3.01. The zero-order valence-electron chi connectivity index (χ0n) is 5.69. The quantitative estimate of drug-likeness (QED) is 0.328. The van der Waals surface area contributed by atoms with Crippen molar-refractivity contribution in [3.05, 3.63) is 11.2 Å². The van der Waals surface area contributed by atoms with E-state index in [1.165, 1.54) is 6.08 Å². The molecule has 0 aliphatic carbocycles. The van der Waals surface area contributed by atoms with E-state index in [4.69, 9.17) is 69.2 Å². The second kappa shape index (κ2) is 4.09. The summed E-state index contributed by atoms with van der Waals surface area (Å²) in [5.74, 6) is 0. The van der Waals surface area contributed by atoms with Gasteiger partial charge in [-0.15, -0.1) is 0 Å². The van der Waals surface area contributed by atoms with Crippen molar-refractivity contribution in [3.63, 3.8) is 0 Å². The summed E-state index contributed by atoms with van der Waals surface area (Å²) in [5.41, 5.74) is 0. The summed E-state index contributed by atoms with van der Waals surface area (Å²) in [5, 5.41) is 0.157. The Bertz CT molecular complexity index is 336. The van der Waals surface area contributed by atoms with Crippen molar-refractivity contribution in [1.82, 2.24) is 0 Å². The number of hydrogen-bond acceptors (Lipinski definition) is 2. The molecule has 0 saturated carbocycles. The molecule has 1 aliphatic heterocycles. The van der Waals surface area contributed by atoms with Crippen LogP contribution in [0.15, 0.2) is 20.7 Å². The normalized spacial score (nSPS) is 29.1. The van der Waals surface area contributed by atoms with E-state index in [-0.39, 0.29) is 10.3 Å². The molecule has 0 saturated heterocycles. The zero-order valence-corrected chi connectivity index (χ0v) is 11.1. The number of nitrogens with zero attached hydrogens (tertiary/aromatic N) is 2. The van der Waals surface area contributed by atoms with Gasteiger partial charge < -0.3 is 0 Å². The van der Waals surface area contributed by atoms with E-state index in [0.717, 1.165) is 0 Å². The maximum atomic E-state index is 5.89. The lowest BCUT2D eigenvalue weighted by molar-refractivity contribution is 1.48. The van der Waals surface area contributed by atoms with Gasteiger partial charge >= 0.3 is 0 Å². The van der Waals surface area contributed by atoms with Crippen LogP contribution in [0, 0.1) is 0 Å². The van der Waals surface area contributed by atoms with E-state index in [9.17, 15) is 0 Å². The van der Waals surface area contributed by atoms with Gasteiger partial charge in [-0.05, 0) is 11.2 Å². The third kappa shape index (κ3) is 2.92. The molecule has 0 amide bonds. The van der Waals surface area contributed by atoms with Crippen LogP contribution >= 0.6 is 75.8 Å². The summed E-state index contributed by atoms with van der Waals surface area (Å²) in [6.07, 6.45) is 1.32. The molecule has 2 nitrogen and oxygen atoms in total. The van der Waals surface area contributed by atoms with E-state index in [0.29, 0.717) is 0 Å². The van der Waals surface area contributed by atoms with Crippen LogP contribution in [0.1, 0.15) is 0 Å². The molecule has 0 radical (unpaired) electrons. The Kier molecular flexibility index (Phi) is 3.92. The van der Waals surface area contributed by atoms with Crippen molar-refractivity contribution in [2.24, 2.45) is 9.51 Å². The Morgan fingerprint density at radius 2 is 1.77 bits per heavy atom. The fourth-order valence-electron chi connectivity index (χ4n) is 0.545. The molecule has 0 aromatic carbocycles. The Hall–Kier alpha value is 1.38. The zero-order chi connectivity index (χ0) is 10.3. The van der Waals surface area contributed by atoms with Crippen LogP contribution < -0.4 is 0 Å². The van der Waals surface area contributed by atoms with Gasteiger partial charge in [-0.2, -0.15) is 0 Å². The van der Waals surface area contributed by atoms with Crippen molar-refractivity contribution < 1.29 is 0 Å². The average molecular weight is 321 g/mol. The maximum absolute atomic E-state index is 5.89. The highest BCUT2D eigenvalue weighted by molar-refractivity contribution is 7.95. The SMILES string of the molecule is ClC1=CC(Cl)=NP(Cl)(C(Cl)(Cl)Cl)=N1. The van der Waals surface area contributed by atoms with Crippen molar-refractivity contribution in [2.75, 3.05) is 0 Å². The highest BCUT2D eigenvalue weighted by Gasteiger charge is 2.41. The lowest BCUT2D eigenvalue weighted by atomic mass is 10.7. The molecule has 0 N–H and O–H groups in total. The third-order valence-electron chi connectivity index (χ3n) is 1.02. The van der Waals surface area contributed by atoms with E-state index in [2.05, 4.69) is 9.51 Å². The first-order chi connectivity index (χ1) is 5.74. The van der Waals surface area contributed by atoms with E-state index >= 15 is 0 Å². The monoisotopic (exact) mass is 318 g/mol. The minimum absolute atomic E-state index is 0.0784. The number of alkyl halides is 3. The molecule has 1 atom stereocenters. The predicted molar refractivity (Wildman–Crippen MR) is 62.7 cm³/mol. The number of halogens is 6. The molecule has 0 aromatic heterocycles. The Balaban J connectivity index is 3.29. The molecule has 0 bridgehead atoms. The largest absolute Gasteiger partial charge is 0.257 e. The Labute approximate surface area is 105 Å². The van der Waals surface area contributed by atoms with Gasteiger partial charge in [0.15, 0.2) is 0 Å². The number of rotatable bonds is 0. The second-order valence-corrected chi connectivity index (χ2v) is 9.36. The van der Waals surface area contributed by atoms with Crippen LogP contribution in [0.4, 0.5) is 0 Å². The predicted octanol–water partition coefficient (Wildman–Crippen LogP) is 5.32. The van der Waals surface area contributed by atoms with Crippen molar-refractivity contribution in [1.29, 1.82) is 0 Å². The van der Waals surface area contributed by atoms with Gasteiger partial charge in [0, 0.05) is 6.08 Å². The van der Waals surface area contributed by atoms with E-state index in [1.807, 2.05) is 0 Å². The molecular formula is C4HCl6N2P. The third-order valence-corrected chi connectivity index (χ3v) is 7.36. The molecule has 74 valence electrons. The molecule has 1 unspecified atom stereocenters. The Morgan fingerprint density at radius 3 is 2.15 bits per heavy atom. The summed E-state index contributed by atoms with van der Waals surface area (Å²) in [6.45, 7) is -3.01. The summed E-state index contributed by atoms with van der Waals surface area (Å²) in [7, 11) is 0. The van der Waals surface area contributed by atoms with Crippen LogP contribution in [0.5, 0.6) is 0 Å². The first-order valence-electron chi connectivity index (χ1n) is 2.76. The fraction of sp³-hybridized carbons (Fsp3) is 0.250. The molecule has 0 spiro atoms. The van der Waals surface area contributed by atoms with Gasteiger partial charge in [-0.1, -0.05) is 58.0 Å². The van der Waals surface area contributed by atoms with Crippen LogP contribution in [-0.4, -0.2) is 8.70 Å². The fourth-order valence-corrected chi connectivity index (χ4v) is 3.76. The van der Waals surface area contributed by atoms with E-state index in [1.54, 1.807) is 0 Å². The van der Waals surface area contributed by atoms with Crippen molar-refractivity contribution in [2.45, 2.75) is 3.53 Å². The average Bonchev–Trinajstić information content (AvgIpc) is 1.79. The molecule has 1 aliphatic rings. The molecule has 0 fully saturated rings. The summed E-state index contributed by atoms with van der Waals surface area (Å²) in [6, 6.07) is 0. The van der Waals surface area contributed by atoms with Gasteiger partial charge in [0.2, 0.25) is 6.56 Å². The number of allylic oxidation sites excluding steroid dienone is 1. The second-order valence-electron chi connectivity index (χ2n) is 1.98. The van der Waals surface area contributed by atoms with Gasteiger partial charge in [-0.3, -0.25) is 0 Å². The van der Waals surface area contributed by atoms with Crippen LogP contribution in [0.3, 0.4) is 0 Å². The first kappa shape index (κ1) is 12.4. The molecule has 0 aromatic rings. The minimum Gasteiger partial charge on any atom is -0.214 e. The molecule has 1 heterocycles. The molecule has 1 rings (SSSR count). The standard InChI is InChI=1S/C4HCl6N2P/c5-2-1-3(6)12-13(10,11-2)4(7,8)9/h1H. The van der Waals surface area contributed by atoms with Gasteiger partial charge in [0.05, 0.1) is 0 Å². The van der Waals surface area contributed by atoms with Gasteiger partial charge in [-0.25, -0.2) is 9.51 Å².